The third-order valence-corrected chi connectivity index (χ3v) is 6.03. The average molecular weight is 414 g/mol. The Morgan fingerprint density at radius 1 is 1.39 bits per heavy atom. The van der Waals surface area contributed by atoms with Crippen molar-refractivity contribution >= 4 is 27.8 Å². The van der Waals surface area contributed by atoms with E-state index >= 15 is 0 Å². The van der Waals surface area contributed by atoms with Gasteiger partial charge in [-0.05, 0) is 36.6 Å². The maximum atomic E-state index is 13.1. The molecule has 2 heterocycles. The zero-order valence-electron chi connectivity index (χ0n) is 14.8. The minimum absolute atomic E-state index is 0.0103. The second-order valence-electron chi connectivity index (χ2n) is 6.78. The van der Waals surface area contributed by atoms with Gasteiger partial charge in [0.1, 0.15) is 22.1 Å². The van der Waals surface area contributed by atoms with E-state index in [1.165, 1.54) is 7.11 Å². The van der Waals surface area contributed by atoms with Gasteiger partial charge in [-0.1, -0.05) is 5.16 Å². The molecule has 7 nitrogen and oxygen atoms in total. The number of halogens is 3. The van der Waals surface area contributed by atoms with Crippen molar-refractivity contribution in [2.24, 2.45) is 5.41 Å². The highest BCUT2D eigenvalue weighted by molar-refractivity contribution is 7.86. The summed E-state index contributed by atoms with van der Waals surface area (Å²) in [5.74, 6) is -0.0176. The molecule has 0 spiro atoms. The summed E-state index contributed by atoms with van der Waals surface area (Å²) in [6.07, 6.45) is -0.917. The first-order valence-electron chi connectivity index (χ1n) is 8.47. The van der Waals surface area contributed by atoms with Crippen LogP contribution in [-0.4, -0.2) is 38.2 Å². The molecule has 0 bridgehead atoms. The van der Waals surface area contributed by atoms with Gasteiger partial charge in [-0.3, -0.25) is 9.40 Å². The standard InChI is InChI=1S/C17H17F3N4O3S/c1-26-12-7-11(9-24-6-2-5-21-24)8-13-14(12)15(22-27-13)23-28(25)10-16(3-4-16)17(18,19)20/h2,5-8H,3-4,9-10H2,1H3,(H,22,23). The lowest BCUT2D eigenvalue weighted by atomic mass is 10.1. The highest BCUT2D eigenvalue weighted by atomic mass is 32.2. The third-order valence-electron chi connectivity index (χ3n) is 4.79. The number of anilines is 1. The highest BCUT2D eigenvalue weighted by Crippen LogP contribution is 2.58. The number of ether oxygens (including phenoxy) is 1. The Bertz CT molecular complexity index is 1010. The molecule has 4 rings (SSSR count). The van der Waals surface area contributed by atoms with E-state index in [0.29, 0.717) is 23.3 Å². The molecular weight excluding hydrogens is 397 g/mol. The van der Waals surface area contributed by atoms with Crippen LogP contribution in [0.4, 0.5) is 19.0 Å². The molecule has 1 atom stereocenters. The van der Waals surface area contributed by atoms with Crippen molar-refractivity contribution in [3.63, 3.8) is 0 Å². The lowest BCUT2D eigenvalue weighted by Crippen LogP contribution is -2.31. The number of rotatable bonds is 7. The summed E-state index contributed by atoms with van der Waals surface area (Å²) in [4.78, 5) is 0. The first kappa shape index (κ1) is 18.8. The maximum absolute atomic E-state index is 13.1. The van der Waals surface area contributed by atoms with Crippen LogP contribution in [0.25, 0.3) is 11.0 Å². The van der Waals surface area contributed by atoms with E-state index in [1.54, 1.807) is 29.1 Å². The van der Waals surface area contributed by atoms with Gasteiger partial charge >= 0.3 is 6.18 Å². The van der Waals surface area contributed by atoms with Gasteiger partial charge in [0.2, 0.25) is 0 Å². The molecule has 1 unspecified atom stereocenters. The Kier molecular flexibility index (Phi) is 4.56. The Morgan fingerprint density at radius 3 is 2.79 bits per heavy atom. The molecule has 2 aromatic heterocycles. The van der Waals surface area contributed by atoms with Crippen LogP contribution in [0, 0.1) is 5.41 Å². The normalized spacial score (nSPS) is 16.9. The number of methoxy groups -OCH3 is 1. The van der Waals surface area contributed by atoms with Crippen LogP contribution < -0.4 is 9.46 Å². The summed E-state index contributed by atoms with van der Waals surface area (Å²) in [5.41, 5.74) is -0.658. The van der Waals surface area contributed by atoms with Crippen LogP contribution in [0.2, 0.25) is 0 Å². The molecule has 0 saturated heterocycles. The first-order valence-corrected chi connectivity index (χ1v) is 9.79. The van der Waals surface area contributed by atoms with Crippen molar-refractivity contribution in [2.75, 3.05) is 17.6 Å². The first-order chi connectivity index (χ1) is 13.3. The largest absolute Gasteiger partial charge is 0.496 e. The number of hydrogen-bond acceptors (Lipinski definition) is 5. The molecule has 150 valence electrons. The fourth-order valence-corrected chi connectivity index (χ4v) is 4.43. The molecule has 1 N–H and O–H groups in total. The molecule has 1 aromatic carbocycles. The van der Waals surface area contributed by atoms with Crippen molar-refractivity contribution < 1.29 is 26.6 Å². The van der Waals surface area contributed by atoms with Gasteiger partial charge < -0.3 is 9.26 Å². The number of aromatic nitrogens is 3. The van der Waals surface area contributed by atoms with Gasteiger partial charge in [0, 0.05) is 12.4 Å². The minimum Gasteiger partial charge on any atom is -0.496 e. The lowest BCUT2D eigenvalue weighted by Gasteiger charge is -2.18. The molecule has 0 radical (unpaired) electrons. The van der Waals surface area contributed by atoms with E-state index < -0.39 is 28.3 Å². The SMILES string of the molecule is COc1cc(Cn2cccn2)cc2onc(NS(=O)CC3(C(F)(F)F)CC3)c12. The number of hydrogen-bond donors (Lipinski definition) is 1. The topological polar surface area (TPSA) is 82.2 Å². The minimum atomic E-state index is -4.37. The molecule has 28 heavy (non-hydrogen) atoms. The second-order valence-corrected chi connectivity index (χ2v) is 7.96. The van der Waals surface area contributed by atoms with E-state index in [-0.39, 0.29) is 18.7 Å². The number of nitrogens with zero attached hydrogens (tertiary/aromatic N) is 3. The number of benzene rings is 1. The van der Waals surface area contributed by atoms with Crippen molar-refractivity contribution in [1.29, 1.82) is 0 Å². The molecule has 11 heteroatoms. The van der Waals surface area contributed by atoms with E-state index in [0.717, 1.165) is 5.56 Å². The molecular formula is C17H17F3N4O3S. The van der Waals surface area contributed by atoms with E-state index in [2.05, 4.69) is 15.0 Å². The summed E-state index contributed by atoms with van der Waals surface area (Å²) in [5, 5.41) is 8.40. The monoisotopic (exact) mass is 414 g/mol. The fourth-order valence-electron chi connectivity index (χ4n) is 3.05. The van der Waals surface area contributed by atoms with Gasteiger partial charge in [-0.15, -0.1) is 0 Å². The second kappa shape index (κ2) is 6.80. The maximum Gasteiger partial charge on any atom is 0.395 e. The lowest BCUT2D eigenvalue weighted by molar-refractivity contribution is -0.179. The molecule has 3 aromatic rings. The summed E-state index contributed by atoms with van der Waals surface area (Å²) < 4.78 is 66.5. The summed E-state index contributed by atoms with van der Waals surface area (Å²) in [6.45, 7) is 0.475. The van der Waals surface area contributed by atoms with Crippen LogP contribution in [-0.2, 0) is 17.5 Å². The van der Waals surface area contributed by atoms with Gasteiger partial charge in [0.15, 0.2) is 11.4 Å². The fraction of sp³-hybridized carbons (Fsp3) is 0.412. The number of alkyl halides is 3. The van der Waals surface area contributed by atoms with Gasteiger partial charge in [0.25, 0.3) is 0 Å². The van der Waals surface area contributed by atoms with E-state index in [4.69, 9.17) is 9.26 Å². The Balaban J connectivity index is 1.57. The van der Waals surface area contributed by atoms with Crippen LogP contribution in [0.5, 0.6) is 5.75 Å². The predicted octanol–water partition coefficient (Wildman–Crippen LogP) is 3.50. The Morgan fingerprint density at radius 2 is 2.18 bits per heavy atom. The summed E-state index contributed by atoms with van der Waals surface area (Å²) in [7, 11) is -0.501. The van der Waals surface area contributed by atoms with E-state index in [9.17, 15) is 17.4 Å². The summed E-state index contributed by atoms with van der Waals surface area (Å²) in [6, 6.07) is 5.29. The van der Waals surface area contributed by atoms with Crippen molar-refractivity contribution in [3.05, 3.63) is 36.2 Å². The Hall–Kier alpha value is -2.56. The smallest absolute Gasteiger partial charge is 0.395 e. The molecule has 1 fully saturated rings. The Labute approximate surface area is 160 Å². The molecule has 0 aliphatic heterocycles. The van der Waals surface area contributed by atoms with Crippen molar-refractivity contribution in [2.45, 2.75) is 25.6 Å². The average Bonchev–Trinajstić information content (AvgIpc) is 3.06. The summed E-state index contributed by atoms with van der Waals surface area (Å²) >= 11 is 0. The molecule has 1 aliphatic carbocycles. The van der Waals surface area contributed by atoms with E-state index in [1.807, 2.05) is 6.20 Å². The zero-order valence-corrected chi connectivity index (χ0v) is 15.6. The van der Waals surface area contributed by atoms with Gasteiger partial charge in [-0.2, -0.15) is 18.3 Å². The van der Waals surface area contributed by atoms with Gasteiger partial charge in [0.05, 0.1) is 24.8 Å². The van der Waals surface area contributed by atoms with Crippen molar-refractivity contribution in [3.8, 4) is 5.75 Å². The van der Waals surface area contributed by atoms with Crippen LogP contribution in [0.15, 0.2) is 35.1 Å². The van der Waals surface area contributed by atoms with Crippen LogP contribution >= 0.6 is 0 Å². The predicted molar refractivity (Wildman–Crippen MR) is 96.2 cm³/mol. The van der Waals surface area contributed by atoms with Crippen LogP contribution in [0.3, 0.4) is 0 Å². The number of fused-ring (bicyclic) bond motifs is 1. The van der Waals surface area contributed by atoms with Crippen molar-refractivity contribution in [1.82, 2.24) is 14.9 Å². The van der Waals surface area contributed by atoms with Gasteiger partial charge in [-0.25, -0.2) is 4.21 Å². The quantitative estimate of drug-likeness (QED) is 0.640. The number of nitrogens with one attached hydrogen (secondary N) is 1. The molecule has 1 aliphatic rings. The van der Waals surface area contributed by atoms with Crippen LogP contribution in [0.1, 0.15) is 18.4 Å². The third kappa shape index (κ3) is 3.46. The molecule has 1 saturated carbocycles. The molecule has 0 amide bonds. The highest BCUT2D eigenvalue weighted by Gasteiger charge is 2.63. The zero-order chi connectivity index (χ0) is 19.9.